The lowest BCUT2D eigenvalue weighted by atomic mass is 10.1. The van der Waals surface area contributed by atoms with Crippen LogP contribution in [0.25, 0.3) is 5.69 Å². The fourth-order valence-corrected chi connectivity index (χ4v) is 3.17. The molecule has 1 aromatic heterocycles. The summed E-state index contributed by atoms with van der Waals surface area (Å²) in [6, 6.07) is 14.6. The van der Waals surface area contributed by atoms with Crippen molar-refractivity contribution in [1.82, 2.24) is 20.3 Å². The summed E-state index contributed by atoms with van der Waals surface area (Å²) in [4.78, 5) is 12.8. The van der Waals surface area contributed by atoms with Crippen LogP contribution in [-0.4, -0.2) is 32.1 Å². The van der Waals surface area contributed by atoms with Crippen LogP contribution >= 0.6 is 0 Å². The van der Waals surface area contributed by atoms with Crippen molar-refractivity contribution in [3.63, 3.8) is 0 Å². The lowest BCUT2D eigenvalue weighted by molar-refractivity contribution is 0.0858. The van der Waals surface area contributed by atoms with E-state index in [4.69, 9.17) is 0 Å². The van der Waals surface area contributed by atoms with Crippen molar-refractivity contribution in [1.29, 1.82) is 0 Å². The van der Waals surface area contributed by atoms with Gasteiger partial charge in [0.05, 0.1) is 35.8 Å². The molecule has 2 atom stereocenters. The zero-order valence-electron chi connectivity index (χ0n) is 12.8. The molecule has 0 bridgehead atoms. The van der Waals surface area contributed by atoms with E-state index >= 15 is 0 Å². The van der Waals surface area contributed by atoms with E-state index in [0.717, 1.165) is 11.1 Å². The number of aromatic nitrogens is 3. The Morgan fingerprint density at radius 3 is 2.79 bits per heavy atom. The molecule has 1 aliphatic carbocycles. The third kappa shape index (κ3) is 2.47. The summed E-state index contributed by atoms with van der Waals surface area (Å²) in [5.41, 5.74) is 3.17. The number of aliphatic hydroxyl groups excluding tert-OH is 1. The summed E-state index contributed by atoms with van der Waals surface area (Å²) in [5.74, 6) is -0.248. The highest BCUT2D eigenvalue weighted by atomic mass is 16.3. The highest BCUT2D eigenvalue weighted by molar-refractivity contribution is 5.98. The maximum Gasteiger partial charge on any atom is 0.254 e. The number of rotatable bonds is 3. The summed E-state index contributed by atoms with van der Waals surface area (Å²) in [6.07, 6.45) is 3.17. The van der Waals surface area contributed by atoms with Crippen LogP contribution in [-0.2, 0) is 6.42 Å². The Morgan fingerprint density at radius 2 is 1.96 bits per heavy atom. The van der Waals surface area contributed by atoms with E-state index in [1.807, 2.05) is 36.4 Å². The van der Waals surface area contributed by atoms with Crippen molar-refractivity contribution >= 4 is 5.91 Å². The lowest BCUT2D eigenvalue weighted by Gasteiger charge is -2.19. The van der Waals surface area contributed by atoms with Crippen LogP contribution in [0.1, 0.15) is 27.5 Å². The lowest BCUT2D eigenvalue weighted by Crippen LogP contribution is -2.34. The van der Waals surface area contributed by atoms with Gasteiger partial charge in [0.25, 0.3) is 5.91 Å². The van der Waals surface area contributed by atoms with Gasteiger partial charge in [-0.1, -0.05) is 41.6 Å². The van der Waals surface area contributed by atoms with Gasteiger partial charge < -0.3 is 10.4 Å². The number of hydrogen-bond acceptors (Lipinski definition) is 4. The number of carbonyl (C=O) groups is 1. The molecule has 0 saturated carbocycles. The van der Waals surface area contributed by atoms with Crippen molar-refractivity contribution in [3.8, 4) is 5.69 Å². The van der Waals surface area contributed by atoms with Crippen LogP contribution in [0.4, 0.5) is 0 Å². The number of nitrogens with one attached hydrogen (secondary N) is 1. The molecule has 3 aromatic rings. The minimum atomic E-state index is -0.620. The molecule has 0 aliphatic heterocycles. The molecular weight excluding hydrogens is 304 g/mol. The standard InChI is InChI=1S/C18H16N4O2/c23-16-11-12-5-1-2-6-13(12)17(16)20-18(24)14-7-3-4-8-15(14)22-10-9-19-21-22/h1-10,16-17,23H,11H2,(H,20,24)/t16-,17+/m1/s1. The fourth-order valence-electron chi connectivity index (χ4n) is 3.17. The predicted molar refractivity (Wildman–Crippen MR) is 87.7 cm³/mol. The summed E-state index contributed by atoms with van der Waals surface area (Å²) in [6.45, 7) is 0. The smallest absolute Gasteiger partial charge is 0.254 e. The highest BCUT2D eigenvalue weighted by Crippen LogP contribution is 2.31. The fraction of sp³-hybridized carbons (Fsp3) is 0.167. The number of hydrogen-bond donors (Lipinski definition) is 2. The second-order valence-electron chi connectivity index (χ2n) is 5.79. The molecule has 24 heavy (non-hydrogen) atoms. The first-order chi connectivity index (χ1) is 11.7. The topological polar surface area (TPSA) is 80.0 Å². The SMILES string of the molecule is O=C(N[C@H]1c2ccccc2C[C@H]1O)c1ccccc1-n1ccnn1. The van der Waals surface area contributed by atoms with E-state index in [0.29, 0.717) is 17.7 Å². The average Bonchev–Trinajstić information content (AvgIpc) is 3.24. The normalized spacial score (nSPS) is 19.0. The molecule has 0 spiro atoms. The van der Waals surface area contributed by atoms with Crippen LogP contribution < -0.4 is 5.32 Å². The second-order valence-corrected chi connectivity index (χ2v) is 5.79. The molecule has 0 radical (unpaired) electrons. The molecule has 0 unspecified atom stereocenters. The van der Waals surface area contributed by atoms with Gasteiger partial charge in [0.1, 0.15) is 0 Å². The molecule has 6 heteroatoms. The van der Waals surface area contributed by atoms with E-state index in [2.05, 4.69) is 15.6 Å². The molecule has 120 valence electrons. The van der Waals surface area contributed by atoms with Gasteiger partial charge in [-0.25, -0.2) is 4.68 Å². The number of carbonyl (C=O) groups excluding carboxylic acids is 1. The number of fused-ring (bicyclic) bond motifs is 1. The molecule has 2 N–H and O–H groups in total. The minimum Gasteiger partial charge on any atom is -0.390 e. The third-order valence-corrected chi connectivity index (χ3v) is 4.31. The van der Waals surface area contributed by atoms with Crippen LogP contribution in [0.15, 0.2) is 60.9 Å². The van der Waals surface area contributed by atoms with E-state index in [1.165, 1.54) is 0 Å². The van der Waals surface area contributed by atoms with Crippen LogP contribution in [0.3, 0.4) is 0 Å². The third-order valence-electron chi connectivity index (χ3n) is 4.31. The predicted octanol–water partition coefficient (Wildman–Crippen LogP) is 1.66. The largest absolute Gasteiger partial charge is 0.390 e. The summed E-state index contributed by atoms with van der Waals surface area (Å²) in [5, 5.41) is 21.0. The Hall–Kier alpha value is -2.99. The minimum absolute atomic E-state index is 0.248. The zero-order valence-corrected chi connectivity index (χ0v) is 12.8. The quantitative estimate of drug-likeness (QED) is 0.769. The number of benzene rings is 2. The van der Waals surface area contributed by atoms with E-state index in [-0.39, 0.29) is 5.91 Å². The Morgan fingerprint density at radius 1 is 1.17 bits per heavy atom. The first kappa shape index (κ1) is 14.6. The van der Waals surface area contributed by atoms with Crippen molar-refractivity contribution in [2.75, 3.05) is 0 Å². The average molecular weight is 320 g/mol. The molecule has 0 fully saturated rings. The molecule has 0 saturated heterocycles. The van der Waals surface area contributed by atoms with Crippen LogP contribution in [0.2, 0.25) is 0 Å². The number of para-hydroxylation sites is 1. The van der Waals surface area contributed by atoms with Gasteiger partial charge in [0.15, 0.2) is 0 Å². The van der Waals surface area contributed by atoms with Crippen molar-refractivity contribution in [3.05, 3.63) is 77.6 Å². The van der Waals surface area contributed by atoms with Gasteiger partial charge in [-0.2, -0.15) is 0 Å². The summed E-state index contributed by atoms with van der Waals surface area (Å²) < 4.78 is 1.55. The molecule has 1 heterocycles. The van der Waals surface area contributed by atoms with Gasteiger partial charge >= 0.3 is 0 Å². The maximum atomic E-state index is 12.8. The number of nitrogens with zero attached hydrogens (tertiary/aromatic N) is 3. The molecule has 2 aromatic carbocycles. The molecule has 1 aliphatic rings. The molecule has 1 amide bonds. The van der Waals surface area contributed by atoms with E-state index < -0.39 is 12.1 Å². The monoisotopic (exact) mass is 320 g/mol. The van der Waals surface area contributed by atoms with E-state index in [9.17, 15) is 9.90 Å². The molecular formula is C18H16N4O2. The number of amides is 1. The second kappa shape index (κ2) is 5.90. The first-order valence-corrected chi connectivity index (χ1v) is 7.76. The summed E-state index contributed by atoms with van der Waals surface area (Å²) in [7, 11) is 0. The van der Waals surface area contributed by atoms with Crippen molar-refractivity contribution in [2.24, 2.45) is 0 Å². The number of aliphatic hydroxyl groups is 1. The van der Waals surface area contributed by atoms with Gasteiger partial charge in [0.2, 0.25) is 0 Å². The van der Waals surface area contributed by atoms with Gasteiger partial charge in [-0.05, 0) is 23.3 Å². The van der Waals surface area contributed by atoms with E-state index in [1.54, 1.807) is 29.2 Å². The van der Waals surface area contributed by atoms with Crippen molar-refractivity contribution in [2.45, 2.75) is 18.6 Å². The Bertz CT molecular complexity index is 876. The Balaban J connectivity index is 1.64. The Labute approximate surface area is 138 Å². The van der Waals surface area contributed by atoms with Gasteiger partial charge in [-0.15, -0.1) is 5.10 Å². The highest BCUT2D eigenvalue weighted by Gasteiger charge is 2.32. The van der Waals surface area contributed by atoms with Crippen molar-refractivity contribution < 1.29 is 9.90 Å². The van der Waals surface area contributed by atoms with Gasteiger partial charge in [-0.3, -0.25) is 4.79 Å². The first-order valence-electron chi connectivity index (χ1n) is 7.76. The zero-order chi connectivity index (χ0) is 16.5. The Kier molecular flexibility index (Phi) is 3.59. The van der Waals surface area contributed by atoms with Gasteiger partial charge in [0, 0.05) is 6.42 Å². The molecule has 4 rings (SSSR count). The summed E-state index contributed by atoms with van der Waals surface area (Å²) >= 11 is 0. The molecule has 6 nitrogen and oxygen atoms in total. The van der Waals surface area contributed by atoms with Crippen LogP contribution in [0, 0.1) is 0 Å². The maximum absolute atomic E-state index is 12.8. The van der Waals surface area contributed by atoms with Crippen LogP contribution in [0.5, 0.6) is 0 Å².